The molecule has 132 valence electrons. The lowest BCUT2D eigenvalue weighted by Gasteiger charge is -2.11. The zero-order valence-corrected chi connectivity index (χ0v) is 14.7. The number of pyridine rings is 1. The SMILES string of the molecule is COc1ccncc1-c1cc(OC)c2cnn(C3=CC(=O)NS3=O)c2c1. The molecule has 8 nitrogen and oxygen atoms in total. The Hall–Kier alpha value is -3.20. The zero-order chi connectivity index (χ0) is 18.3. The smallest absolute Gasteiger partial charge is 0.258 e. The molecule has 1 amide bonds. The molecule has 4 rings (SSSR count). The maximum absolute atomic E-state index is 12.1. The summed E-state index contributed by atoms with van der Waals surface area (Å²) in [6.07, 6.45) is 6.22. The Morgan fingerprint density at radius 1 is 1.15 bits per heavy atom. The van der Waals surface area contributed by atoms with Crippen LogP contribution in [0.15, 0.2) is 42.9 Å². The Balaban J connectivity index is 1.97. The van der Waals surface area contributed by atoms with E-state index in [0.29, 0.717) is 17.0 Å². The van der Waals surface area contributed by atoms with Gasteiger partial charge in [0.05, 0.1) is 31.3 Å². The molecule has 1 N–H and O–H groups in total. The molecule has 3 aromatic rings. The van der Waals surface area contributed by atoms with Gasteiger partial charge in [0.15, 0.2) is 16.0 Å². The number of nitrogens with zero attached hydrogens (tertiary/aromatic N) is 3. The molecule has 0 bridgehead atoms. The van der Waals surface area contributed by atoms with Gasteiger partial charge < -0.3 is 9.47 Å². The first-order valence-electron chi connectivity index (χ1n) is 7.61. The van der Waals surface area contributed by atoms with Crippen molar-refractivity contribution < 1.29 is 18.5 Å². The van der Waals surface area contributed by atoms with Gasteiger partial charge in [-0.25, -0.2) is 8.89 Å². The fourth-order valence-electron chi connectivity index (χ4n) is 2.85. The second kappa shape index (κ2) is 6.26. The summed E-state index contributed by atoms with van der Waals surface area (Å²) in [5, 5.41) is 5.28. The van der Waals surface area contributed by atoms with E-state index in [9.17, 15) is 9.00 Å². The number of methoxy groups -OCH3 is 2. The first-order valence-corrected chi connectivity index (χ1v) is 8.76. The first-order chi connectivity index (χ1) is 12.6. The number of amides is 1. The van der Waals surface area contributed by atoms with E-state index in [2.05, 4.69) is 14.8 Å². The van der Waals surface area contributed by atoms with Gasteiger partial charge in [0.2, 0.25) is 0 Å². The van der Waals surface area contributed by atoms with Gasteiger partial charge in [-0.3, -0.25) is 14.5 Å². The second-order valence-electron chi connectivity index (χ2n) is 5.46. The lowest BCUT2D eigenvalue weighted by atomic mass is 10.0. The van der Waals surface area contributed by atoms with Crippen LogP contribution in [0.1, 0.15) is 0 Å². The van der Waals surface area contributed by atoms with Crippen molar-refractivity contribution in [1.29, 1.82) is 0 Å². The van der Waals surface area contributed by atoms with Crippen LogP contribution in [0.3, 0.4) is 0 Å². The highest BCUT2D eigenvalue weighted by molar-refractivity contribution is 7.93. The average molecular weight is 370 g/mol. The Bertz CT molecular complexity index is 1090. The van der Waals surface area contributed by atoms with E-state index in [-0.39, 0.29) is 5.03 Å². The van der Waals surface area contributed by atoms with E-state index in [1.54, 1.807) is 38.9 Å². The Kier molecular flexibility index (Phi) is 3.92. The van der Waals surface area contributed by atoms with Gasteiger partial charge in [-0.05, 0) is 23.8 Å². The largest absolute Gasteiger partial charge is 0.496 e. The number of carbonyl (C=O) groups excluding carboxylic acids is 1. The van der Waals surface area contributed by atoms with Crippen molar-refractivity contribution in [3.05, 3.63) is 42.9 Å². The topological polar surface area (TPSA) is 95.3 Å². The number of benzene rings is 1. The fraction of sp³-hybridized carbons (Fsp3) is 0.118. The highest BCUT2D eigenvalue weighted by Gasteiger charge is 2.24. The van der Waals surface area contributed by atoms with Crippen LogP contribution < -0.4 is 14.2 Å². The monoisotopic (exact) mass is 370 g/mol. The van der Waals surface area contributed by atoms with Gasteiger partial charge in [0.1, 0.15) is 11.5 Å². The average Bonchev–Trinajstić information content (AvgIpc) is 3.22. The molecule has 0 spiro atoms. The number of ether oxygens (including phenoxy) is 2. The van der Waals surface area contributed by atoms with E-state index >= 15 is 0 Å². The minimum atomic E-state index is -1.66. The molecule has 9 heteroatoms. The first kappa shape index (κ1) is 16.3. The van der Waals surface area contributed by atoms with Crippen LogP contribution in [0.25, 0.3) is 27.1 Å². The molecule has 1 aliphatic rings. The van der Waals surface area contributed by atoms with Crippen LogP contribution in [0, 0.1) is 0 Å². The molecule has 2 aromatic heterocycles. The molecule has 26 heavy (non-hydrogen) atoms. The molecule has 3 heterocycles. The molecular formula is C17H14N4O4S. The molecule has 1 aliphatic heterocycles. The molecule has 0 saturated heterocycles. The van der Waals surface area contributed by atoms with Gasteiger partial charge in [-0.2, -0.15) is 5.10 Å². The quantitative estimate of drug-likeness (QED) is 0.751. The summed E-state index contributed by atoms with van der Waals surface area (Å²) < 4.78 is 26.8. The summed E-state index contributed by atoms with van der Waals surface area (Å²) in [7, 11) is 1.49. The summed E-state index contributed by atoms with van der Waals surface area (Å²) in [5.74, 6) is 0.838. The molecule has 0 fully saturated rings. The number of carbonyl (C=O) groups is 1. The number of rotatable bonds is 4. The van der Waals surface area contributed by atoms with Crippen molar-refractivity contribution in [2.24, 2.45) is 0 Å². The third-order valence-electron chi connectivity index (χ3n) is 4.03. The van der Waals surface area contributed by atoms with Gasteiger partial charge in [0.25, 0.3) is 5.91 Å². The molecule has 0 saturated carbocycles. The second-order valence-corrected chi connectivity index (χ2v) is 6.62. The lowest BCUT2D eigenvalue weighted by Crippen LogP contribution is -2.17. The maximum Gasteiger partial charge on any atom is 0.258 e. The molecule has 0 radical (unpaired) electrons. The standard InChI is InChI=1S/C17H14N4O4S/c1-24-14-3-4-18-8-11(14)10-5-13-12(15(6-10)25-2)9-19-21(13)17-7-16(22)20-26(17)23/h3-9H,1-2H3,(H,20,22). The summed E-state index contributed by atoms with van der Waals surface area (Å²) in [6.45, 7) is 0. The fourth-order valence-corrected chi connectivity index (χ4v) is 3.71. The van der Waals surface area contributed by atoms with Crippen molar-refractivity contribution in [3.8, 4) is 22.6 Å². The summed E-state index contributed by atoms with van der Waals surface area (Å²) >= 11 is 0. The van der Waals surface area contributed by atoms with Gasteiger partial charge in [0, 0.05) is 24.0 Å². The van der Waals surface area contributed by atoms with Crippen LogP contribution in [-0.2, 0) is 15.8 Å². The van der Waals surface area contributed by atoms with Gasteiger partial charge in [-0.15, -0.1) is 0 Å². The Morgan fingerprint density at radius 3 is 2.65 bits per heavy atom. The van der Waals surface area contributed by atoms with Crippen molar-refractivity contribution in [3.63, 3.8) is 0 Å². The summed E-state index contributed by atoms with van der Waals surface area (Å²) in [6, 6.07) is 5.49. The van der Waals surface area contributed by atoms with Crippen molar-refractivity contribution in [2.75, 3.05) is 14.2 Å². The van der Waals surface area contributed by atoms with E-state index in [1.807, 2.05) is 12.1 Å². The highest BCUT2D eigenvalue weighted by Crippen LogP contribution is 2.37. The normalized spacial score (nSPS) is 16.5. The number of fused-ring (bicyclic) bond motifs is 1. The minimum absolute atomic E-state index is 0.266. The van der Waals surface area contributed by atoms with Crippen LogP contribution in [0.4, 0.5) is 0 Å². The van der Waals surface area contributed by atoms with E-state index < -0.39 is 16.9 Å². The number of hydrogen-bond acceptors (Lipinski definition) is 6. The van der Waals surface area contributed by atoms with Crippen LogP contribution in [-0.4, -0.2) is 39.1 Å². The Labute approximate surface area is 151 Å². The highest BCUT2D eigenvalue weighted by atomic mass is 32.2. The van der Waals surface area contributed by atoms with Crippen LogP contribution in [0.5, 0.6) is 11.5 Å². The maximum atomic E-state index is 12.1. The van der Waals surface area contributed by atoms with E-state index in [0.717, 1.165) is 16.5 Å². The third-order valence-corrected chi connectivity index (χ3v) is 5.09. The summed E-state index contributed by atoms with van der Waals surface area (Å²) in [5.41, 5.74) is 2.23. The molecule has 0 aliphatic carbocycles. The van der Waals surface area contributed by atoms with Gasteiger partial charge >= 0.3 is 0 Å². The predicted molar refractivity (Wildman–Crippen MR) is 96.6 cm³/mol. The Morgan fingerprint density at radius 2 is 1.96 bits per heavy atom. The third kappa shape index (κ3) is 2.53. The van der Waals surface area contributed by atoms with Crippen molar-refractivity contribution in [1.82, 2.24) is 19.5 Å². The van der Waals surface area contributed by atoms with Crippen LogP contribution >= 0.6 is 0 Å². The van der Waals surface area contributed by atoms with Crippen LogP contribution in [0.2, 0.25) is 0 Å². The molecule has 1 atom stereocenters. The predicted octanol–water partition coefficient (Wildman–Crippen LogP) is 1.71. The molecule has 1 aromatic carbocycles. The van der Waals surface area contributed by atoms with E-state index in [4.69, 9.17) is 9.47 Å². The summed E-state index contributed by atoms with van der Waals surface area (Å²) in [4.78, 5) is 15.7. The zero-order valence-electron chi connectivity index (χ0n) is 13.9. The number of nitrogens with one attached hydrogen (secondary N) is 1. The lowest BCUT2D eigenvalue weighted by molar-refractivity contribution is -0.114. The van der Waals surface area contributed by atoms with Gasteiger partial charge in [-0.1, -0.05) is 0 Å². The van der Waals surface area contributed by atoms with E-state index in [1.165, 1.54) is 10.8 Å². The van der Waals surface area contributed by atoms with Crippen molar-refractivity contribution >= 4 is 32.8 Å². The molecular weight excluding hydrogens is 356 g/mol. The minimum Gasteiger partial charge on any atom is -0.496 e. The number of aromatic nitrogens is 3. The number of hydrogen-bond donors (Lipinski definition) is 1. The van der Waals surface area contributed by atoms with Crippen molar-refractivity contribution in [2.45, 2.75) is 0 Å². The molecule has 1 unspecified atom stereocenters.